The van der Waals surface area contributed by atoms with Gasteiger partial charge >= 0.3 is 48.1 Å². The van der Waals surface area contributed by atoms with Gasteiger partial charge < -0.3 is 47.4 Å². The number of rotatable bonds is 22. The zero-order valence-electron chi connectivity index (χ0n) is 31.0. The van der Waals surface area contributed by atoms with E-state index in [0.29, 0.717) is 0 Å². The van der Waals surface area contributed by atoms with Gasteiger partial charge in [-0.2, -0.15) is 0 Å². The van der Waals surface area contributed by atoms with E-state index in [2.05, 4.69) is 18.0 Å². The molecule has 1 heterocycles. The van der Waals surface area contributed by atoms with E-state index >= 15 is 0 Å². The molecule has 0 spiro atoms. The highest BCUT2D eigenvalue weighted by molar-refractivity contribution is 8.24. The Bertz CT molecular complexity index is 1740. The van der Waals surface area contributed by atoms with Crippen molar-refractivity contribution in [2.75, 3.05) is 39.6 Å². The summed E-state index contributed by atoms with van der Waals surface area (Å²) in [7, 11) is 0. The largest absolute Gasteiger partial charge is 0.514 e. The van der Waals surface area contributed by atoms with Crippen LogP contribution in [0.2, 0.25) is 0 Å². The van der Waals surface area contributed by atoms with Gasteiger partial charge in [-0.1, -0.05) is 36.7 Å². The van der Waals surface area contributed by atoms with Crippen molar-refractivity contribution in [1.82, 2.24) is 0 Å². The molecular formula is C36H36N2O18S2. The summed E-state index contributed by atoms with van der Waals surface area (Å²) in [5.41, 5.74) is -0.287. The van der Waals surface area contributed by atoms with Crippen LogP contribution < -0.4 is 9.47 Å². The number of nitriles is 1. The molecule has 20 nitrogen and oxygen atoms in total. The molecule has 0 aliphatic carbocycles. The number of hydrogen-bond donors (Lipinski definition) is 0. The van der Waals surface area contributed by atoms with Crippen LogP contribution in [-0.2, 0) is 66.7 Å². The van der Waals surface area contributed by atoms with E-state index < -0.39 is 73.5 Å². The summed E-state index contributed by atoms with van der Waals surface area (Å²) in [6.45, 7) is 14.7. The van der Waals surface area contributed by atoms with E-state index in [0.717, 1.165) is 35.7 Å². The molecule has 310 valence electrons. The van der Waals surface area contributed by atoms with E-state index in [-0.39, 0.29) is 83.3 Å². The fourth-order valence-electron chi connectivity index (χ4n) is 3.78. The van der Waals surface area contributed by atoms with Crippen molar-refractivity contribution in [3.8, 4) is 17.6 Å². The molecule has 0 aromatic heterocycles. The Kier molecular flexibility index (Phi) is 21.0. The summed E-state index contributed by atoms with van der Waals surface area (Å²) in [5, 5.41) is 9.38. The molecule has 22 heteroatoms. The number of thioether (sulfide) groups is 2. The lowest BCUT2D eigenvalue weighted by Crippen LogP contribution is -2.22. The van der Waals surface area contributed by atoms with Crippen LogP contribution in [0.4, 0.5) is 9.59 Å². The van der Waals surface area contributed by atoms with Gasteiger partial charge in [0.25, 0.3) is 5.70 Å². The molecule has 2 unspecified atom stereocenters. The first kappa shape index (κ1) is 47.6. The molecule has 0 N–H and O–H groups in total. The highest BCUT2D eigenvalue weighted by Gasteiger charge is 2.30. The van der Waals surface area contributed by atoms with Gasteiger partial charge in [0.15, 0.2) is 0 Å². The number of nitrogens with zero attached hydrogens (tertiary/aromatic N) is 2. The predicted molar refractivity (Wildman–Crippen MR) is 195 cm³/mol. The normalized spacial score (nSPS) is 12.0. The third kappa shape index (κ3) is 18.0. The smallest absolute Gasteiger partial charge is 0.462 e. The van der Waals surface area contributed by atoms with Gasteiger partial charge in [-0.05, 0) is 26.0 Å². The Balaban J connectivity index is 1.83. The summed E-state index contributed by atoms with van der Waals surface area (Å²) in [4.78, 5) is 98.3. The highest BCUT2D eigenvalue weighted by atomic mass is 32.2. The fraction of sp³-hybridized carbons (Fsp3) is 0.389. The van der Waals surface area contributed by atoms with Crippen molar-refractivity contribution in [2.45, 2.75) is 61.5 Å². The number of hydrogen-bond acceptors (Lipinski definition) is 21. The average Bonchev–Trinajstić information content (AvgIpc) is 3.65. The van der Waals surface area contributed by atoms with E-state index in [1.54, 1.807) is 6.07 Å². The van der Waals surface area contributed by atoms with Crippen LogP contribution in [0.3, 0.4) is 0 Å². The topological polar surface area (TPSA) is 257 Å². The summed E-state index contributed by atoms with van der Waals surface area (Å²) in [6.07, 6.45) is -3.30. The van der Waals surface area contributed by atoms with Gasteiger partial charge in [0.2, 0.25) is 0 Å². The molecular weight excluding hydrogens is 813 g/mol. The van der Waals surface area contributed by atoms with Crippen LogP contribution in [-0.4, -0.2) is 100.0 Å². The predicted octanol–water partition coefficient (Wildman–Crippen LogP) is 4.50. The third-order valence-corrected chi connectivity index (χ3v) is 8.96. The van der Waals surface area contributed by atoms with Crippen LogP contribution >= 0.6 is 23.5 Å². The molecule has 0 fully saturated rings. The van der Waals surface area contributed by atoms with Gasteiger partial charge in [-0.15, -0.1) is 0 Å². The van der Waals surface area contributed by atoms with Gasteiger partial charge in [-0.25, -0.2) is 29.3 Å². The number of ether oxygens (including phenoxy) is 10. The number of benzene rings is 1. The summed E-state index contributed by atoms with van der Waals surface area (Å²) in [5.74, 6) is -4.62. The maximum atomic E-state index is 12.4. The first-order valence-electron chi connectivity index (χ1n) is 16.7. The third-order valence-electron chi connectivity index (χ3n) is 6.35. The molecule has 0 saturated carbocycles. The van der Waals surface area contributed by atoms with E-state index in [9.17, 15) is 43.6 Å². The Morgan fingerprint density at radius 3 is 1.38 bits per heavy atom. The molecule has 1 aromatic rings. The van der Waals surface area contributed by atoms with Gasteiger partial charge in [0.05, 0.1) is 52.4 Å². The zero-order valence-corrected chi connectivity index (χ0v) is 32.6. The lowest BCUT2D eigenvalue weighted by atomic mass is 10.3. The minimum atomic E-state index is -1.22. The molecule has 0 radical (unpaired) electrons. The van der Waals surface area contributed by atoms with Crippen molar-refractivity contribution >= 4 is 71.7 Å². The van der Waals surface area contributed by atoms with E-state index in [1.165, 1.54) is 26.0 Å². The first-order chi connectivity index (χ1) is 27.7. The first-order valence-corrected chi connectivity index (χ1v) is 18.3. The van der Waals surface area contributed by atoms with Crippen molar-refractivity contribution in [1.29, 1.82) is 5.26 Å². The van der Waals surface area contributed by atoms with Crippen LogP contribution in [0.5, 0.6) is 11.5 Å². The van der Waals surface area contributed by atoms with Crippen LogP contribution in [0.15, 0.2) is 57.2 Å². The number of carbonyl (C=O) groups excluding carboxylic acids is 8. The van der Waals surface area contributed by atoms with Crippen LogP contribution in [0.25, 0.3) is 4.85 Å². The second-order valence-corrected chi connectivity index (χ2v) is 13.2. The number of fused-ring (bicyclic) bond motifs is 1. The second kappa shape index (κ2) is 25.6. The SMILES string of the molecule is [C-]#[N+]C(C#N)=C1Sc2c(OC(=O)OCCOC(=O)CCC(=O)OCC(C)OC(=O)C=C)ccc(OC(=O)OCCOC(=O)CCC(=O)OCC(C)OC(=O)C=C)c2S1. The molecule has 1 aromatic carbocycles. The van der Waals surface area contributed by atoms with Crippen molar-refractivity contribution in [3.05, 3.63) is 58.8 Å². The van der Waals surface area contributed by atoms with Crippen LogP contribution in [0, 0.1) is 17.9 Å². The minimum Gasteiger partial charge on any atom is -0.462 e. The van der Waals surface area contributed by atoms with E-state index in [4.69, 9.17) is 53.9 Å². The maximum Gasteiger partial charge on any atom is 0.514 e. The highest BCUT2D eigenvalue weighted by Crippen LogP contribution is 2.59. The number of carbonyl (C=O) groups is 8. The van der Waals surface area contributed by atoms with Gasteiger partial charge in [0, 0.05) is 12.2 Å². The molecule has 0 amide bonds. The summed E-state index contributed by atoms with van der Waals surface area (Å²) >= 11 is 1.77. The monoisotopic (exact) mass is 848 g/mol. The molecule has 58 heavy (non-hydrogen) atoms. The number of esters is 6. The molecule has 1 aliphatic rings. The zero-order chi connectivity index (χ0) is 43.0. The quantitative estimate of drug-likeness (QED) is 0.0296. The van der Waals surface area contributed by atoms with Crippen molar-refractivity contribution < 1.29 is 85.7 Å². The van der Waals surface area contributed by atoms with Crippen molar-refractivity contribution in [3.63, 3.8) is 0 Å². The molecule has 2 rings (SSSR count). The molecule has 1 aliphatic heterocycles. The lowest BCUT2D eigenvalue weighted by molar-refractivity contribution is -0.156. The Hall–Kier alpha value is -6.52. The fourth-order valence-corrected chi connectivity index (χ4v) is 6.25. The molecule has 0 bridgehead atoms. The Labute approximate surface area is 339 Å². The summed E-state index contributed by atoms with van der Waals surface area (Å²) in [6, 6.07) is 4.24. The van der Waals surface area contributed by atoms with Gasteiger partial charge in [0.1, 0.15) is 63.3 Å². The molecule has 0 saturated heterocycles. The Morgan fingerprint density at radius 1 is 0.672 bits per heavy atom. The minimum absolute atomic E-state index is 0.0963. The lowest BCUT2D eigenvalue weighted by Gasteiger charge is -2.13. The van der Waals surface area contributed by atoms with Crippen LogP contribution in [0.1, 0.15) is 39.5 Å². The maximum absolute atomic E-state index is 12.4. The standard InChI is InChI=1S/C36H36N2O18S2/c1-6-26(39)53-21(3)19-51-30(43)12-10-28(41)47-14-16-49-35(45)55-24-8-9-25(33-32(24)57-34(58-33)23(18-37)38-5)56-36(46)50-17-15-48-29(42)11-13-31(44)52-20-22(4)54-27(40)7-2/h6-9,21-22H,1-2,10-17,19-20H2,3-4H3. The number of allylic oxidation sites excluding steroid dienone is 1. The summed E-state index contributed by atoms with van der Waals surface area (Å²) < 4.78 is 50.0. The Morgan fingerprint density at radius 2 is 1.03 bits per heavy atom. The molecule has 2 atom stereocenters. The van der Waals surface area contributed by atoms with Crippen molar-refractivity contribution in [2.24, 2.45) is 0 Å². The van der Waals surface area contributed by atoms with E-state index in [1.807, 2.05) is 0 Å². The average molecular weight is 849 g/mol. The second-order valence-electron chi connectivity index (χ2n) is 10.9. The van der Waals surface area contributed by atoms with Gasteiger partial charge in [-0.3, -0.25) is 19.2 Å².